The lowest BCUT2D eigenvalue weighted by molar-refractivity contribution is -0.130. The van der Waals surface area contributed by atoms with E-state index in [0.717, 1.165) is 63.1 Å². The van der Waals surface area contributed by atoms with E-state index in [9.17, 15) is 4.79 Å². The molecular weight excluding hydrogens is 496 g/mol. The second kappa shape index (κ2) is 13.6. The molecule has 0 N–H and O–H groups in total. The van der Waals surface area contributed by atoms with E-state index in [1.165, 1.54) is 33.4 Å². The van der Waals surface area contributed by atoms with Crippen molar-refractivity contribution in [2.24, 2.45) is 15.9 Å². The molecule has 6 nitrogen and oxygen atoms in total. The average Bonchev–Trinajstić information content (AvgIpc) is 3.37. The molecule has 4 rings (SSSR count). The highest BCUT2D eigenvalue weighted by Gasteiger charge is 2.27. The summed E-state index contributed by atoms with van der Waals surface area (Å²) >= 11 is 0. The monoisotopic (exact) mass is 544 g/mol. The number of carbonyl (C=O) groups is 1. The van der Waals surface area contributed by atoms with Crippen LogP contribution in [0.5, 0.6) is 0 Å². The molecule has 1 aromatic rings. The summed E-state index contributed by atoms with van der Waals surface area (Å²) in [6.45, 7) is 11.6. The zero-order valence-corrected chi connectivity index (χ0v) is 25.7. The Morgan fingerprint density at radius 1 is 1.18 bits per heavy atom. The van der Waals surface area contributed by atoms with Crippen molar-refractivity contribution in [1.82, 2.24) is 9.80 Å². The highest BCUT2D eigenvalue weighted by atomic mass is 16.5. The van der Waals surface area contributed by atoms with Crippen LogP contribution in [-0.2, 0) is 9.53 Å². The highest BCUT2D eigenvalue weighted by molar-refractivity contribution is 6.09. The molecule has 0 bridgehead atoms. The van der Waals surface area contributed by atoms with Crippen molar-refractivity contribution in [3.63, 3.8) is 0 Å². The summed E-state index contributed by atoms with van der Waals surface area (Å²) < 4.78 is 5.87. The van der Waals surface area contributed by atoms with Gasteiger partial charge < -0.3 is 9.64 Å². The number of nitrogens with zero attached hydrogens (tertiary/aromatic N) is 4. The van der Waals surface area contributed by atoms with Crippen molar-refractivity contribution in [1.29, 1.82) is 0 Å². The minimum atomic E-state index is 0.0959. The van der Waals surface area contributed by atoms with Crippen LogP contribution in [0, 0.1) is 12.8 Å². The maximum Gasteiger partial charge on any atom is 0.236 e. The Morgan fingerprint density at radius 2 is 1.93 bits per heavy atom. The van der Waals surface area contributed by atoms with Gasteiger partial charge in [-0.1, -0.05) is 51.5 Å². The van der Waals surface area contributed by atoms with Crippen molar-refractivity contribution in [2.75, 3.05) is 40.8 Å². The van der Waals surface area contributed by atoms with Crippen molar-refractivity contribution >= 4 is 23.5 Å². The summed E-state index contributed by atoms with van der Waals surface area (Å²) in [5.74, 6) is 1.91. The second-order valence-corrected chi connectivity index (χ2v) is 12.0. The Bertz CT molecular complexity index is 1230. The SMILES string of the molecule is CCC/C(C1=CCCC2N=CN=C2C(OC)=C1)=C(\c1cc(C2CCN(CC(=O)N(C)C)CC2)ccc1C)C(C)C. The fourth-order valence-electron chi connectivity index (χ4n) is 6.26. The summed E-state index contributed by atoms with van der Waals surface area (Å²) in [4.78, 5) is 25.3. The molecule has 0 saturated carbocycles. The van der Waals surface area contributed by atoms with Gasteiger partial charge in [-0.15, -0.1) is 0 Å². The van der Waals surface area contributed by atoms with Crippen LogP contribution in [-0.4, -0.2) is 74.6 Å². The largest absolute Gasteiger partial charge is 0.495 e. The summed E-state index contributed by atoms with van der Waals surface area (Å²) in [6, 6.07) is 7.22. The first-order valence-corrected chi connectivity index (χ1v) is 15.1. The van der Waals surface area contributed by atoms with Gasteiger partial charge in [0.25, 0.3) is 0 Å². The van der Waals surface area contributed by atoms with E-state index in [-0.39, 0.29) is 11.9 Å². The zero-order valence-electron chi connectivity index (χ0n) is 25.7. The minimum Gasteiger partial charge on any atom is -0.495 e. The lowest BCUT2D eigenvalue weighted by Gasteiger charge is -2.33. The first kappa shape index (κ1) is 30.0. The number of hydrogen-bond donors (Lipinski definition) is 0. The lowest BCUT2D eigenvalue weighted by Crippen LogP contribution is -2.40. The number of aryl methyl sites for hydroxylation is 1. The lowest BCUT2D eigenvalue weighted by atomic mass is 9.80. The van der Waals surface area contributed by atoms with Gasteiger partial charge in [0.15, 0.2) is 0 Å². The molecule has 40 heavy (non-hydrogen) atoms. The van der Waals surface area contributed by atoms with E-state index in [1.807, 2.05) is 14.1 Å². The molecule has 0 radical (unpaired) electrons. The summed E-state index contributed by atoms with van der Waals surface area (Å²) in [5.41, 5.74) is 9.19. The third kappa shape index (κ3) is 6.83. The van der Waals surface area contributed by atoms with Gasteiger partial charge in [0.05, 0.1) is 19.7 Å². The number of allylic oxidation sites excluding steroid dienone is 5. The van der Waals surface area contributed by atoms with Crippen LogP contribution in [0.15, 0.2) is 57.2 Å². The van der Waals surface area contributed by atoms with E-state index in [0.29, 0.717) is 18.4 Å². The van der Waals surface area contributed by atoms with Gasteiger partial charge in [-0.3, -0.25) is 14.7 Å². The maximum absolute atomic E-state index is 12.2. The highest BCUT2D eigenvalue weighted by Crippen LogP contribution is 2.39. The number of aliphatic imine (C=N–C) groups is 2. The fourth-order valence-corrected chi connectivity index (χ4v) is 6.26. The molecule has 1 fully saturated rings. The fraction of sp³-hybridized carbons (Fsp3) is 0.559. The third-order valence-corrected chi connectivity index (χ3v) is 8.54. The topological polar surface area (TPSA) is 57.5 Å². The Kier molecular flexibility index (Phi) is 10.2. The molecule has 6 heteroatoms. The summed E-state index contributed by atoms with van der Waals surface area (Å²) in [7, 11) is 5.41. The van der Waals surface area contributed by atoms with Crippen molar-refractivity contribution in [3.05, 3.63) is 63.9 Å². The van der Waals surface area contributed by atoms with Crippen LogP contribution >= 0.6 is 0 Å². The molecular formula is C34H48N4O2. The predicted octanol–water partition coefficient (Wildman–Crippen LogP) is 6.57. The number of rotatable bonds is 9. The Balaban J connectivity index is 1.69. The number of likely N-dealkylation sites (tertiary alicyclic amines) is 1. The number of likely N-dealkylation sites (N-methyl/N-ethyl adjacent to an activating group) is 1. The molecule has 1 aliphatic carbocycles. The number of hydrogen-bond acceptors (Lipinski definition) is 5. The molecule has 0 aromatic heterocycles. The number of carbonyl (C=O) groups excluding carboxylic acids is 1. The molecule has 1 unspecified atom stereocenters. The van der Waals surface area contributed by atoms with Crippen LogP contribution in [0.25, 0.3) is 5.57 Å². The third-order valence-electron chi connectivity index (χ3n) is 8.54. The van der Waals surface area contributed by atoms with Gasteiger partial charge >= 0.3 is 0 Å². The van der Waals surface area contributed by atoms with E-state index in [2.05, 4.69) is 72.9 Å². The van der Waals surface area contributed by atoms with E-state index in [1.54, 1.807) is 18.3 Å². The molecule has 1 amide bonds. The van der Waals surface area contributed by atoms with Crippen molar-refractivity contribution in [2.45, 2.75) is 78.2 Å². The molecule has 1 aromatic carbocycles. The van der Waals surface area contributed by atoms with Crippen LogP contribution < -0.4 is 0 Å². The van der Waals surface area contributed by atoms with Crippen LogP contribution in [0.4, 0.5) is 0 Å². The maximum atomic E-state index is 12.2. The average molecular weight is 545 g/mol. The van der Waals surface area contributed by atoms with Gasteiger partial charge in [0.1, 0.15) is 17.8 Å². The van der Waals surface area contributed by atoms with Gasteiger partial charge in [0, 0.05) is 14.1 Å². The van der Waals surface area contributed by atoms with Crippen LogP contribution in [0.3, 0.4) is 0 Å². The molecule has 0 spiro atoms. The number of benzene rings is 1. The number of fused-ring (bicyclic) bond motifs is 1. The van der Waals surface area contributed by atoms with Gasteiger partial charge in [-0.2, -0.15) is 0 Å². The molecule has 1 saturated heterocycles. The first-order valence-electron chi connectivity index (χ1n) is 15.1. The second-order valence-electron chi connectivity index (χ2n) is 12.0. The van der Waals surface area contributed by atoms with Gasteiger partial charge in [-0.25, -0.2) is 4.99 Å². The Morgan fingerprint density at radius 3 is 2.58 bits per heavy atom. The minimum absolute atomic E-state index is 0.0959. The smallest absolute Gasteiger partial charge is 0.236 e. The number of methoxy groups -OCH3 is 1. The molecule has 2 aliphatic heterocycles. The first-order chi connectivity index (χ1) is 19.2. The predicted molar refractivity (Wildman–Crippen MR) is 167 cm³/mol. The standard InChI is InChI=1S/C34H48N4O2/c1-8-10-28(27-11-9-12-30-34(36-22-35-30)31(20-27)40-7)33(23(2)3)29-19-26(14-13-24(29)4)25-15-17-38(18-16-25)21-32(39)37(5)6/h11,13-14,19-20,22-23,25,30H,8-10,12,15-18,21H2,1-7H3/b27-11?,31-20?,33-28+. The van der Waals surface area contributed by atoms with Crippen LogP contribution in [0.2, 0.25) is 0 Å². The number of ether oxygens (including phenoxy) is 1. The molecule has 2 heterocycles. The van der Waals surface area contributed by atoms with Gasteiger partial charge in [0.2, 0.25) is 5.91 Å². The number of piperidine rings is 1. The summed E-state index contributed by atoms with van der Waals surface area (Å²) in [6.07, 6.45) is 12.5. The summed E-state index contributed by atoms with van der Waals surface area (Å²) in [5, 5.41) is 0. The molecule has 3 aliphatic rings. The van der Waals surface area contributed by atoms with Crippen molar-refractivity contribution in [3.8, 4) is 0 Å². The quantitative estimate of drug-likeness (QED) is 0.353. The Labute approximate surface area is 241 Å². The van der Waals surface area contributed by atoms with Crippen molar-refractivity contribution < 1.29 is 9.53 Å². The molecule has 216 valence electrons. The Hall–Kier alpha value is -2.99. The normalized spacial score (nSPS) is 20.7. The molecule has 1 atom stereocenters. The van der Waals surface area contributed by atoms with E-state index >= 15 is 0 Å². The van der Waals surface area contributed by atoms with E-state index in [4.69, 9.17) is 4.74 Å². The number of amides is 1. The zero-order chi connectivity index (χ0) is 28.8. The van der Waals surface area contributed by atoms with Crippen LogP contribution in [0.1, 0.15) is 81.9 Å². The van der Waals surface area contributed by atoms with Gasteiger partial charge in [-0.05, 0) is 103 Å². The van der Waals surface area contributed by atoms with E-state index < -0.39 is 0 Å².